The molecule has 0 aliphatic heterocycles. The van der Waals surface area contributed by atoms with Crippen LogP contribution < -0.4 is 4.74 Å². The van der Waals surface area contributed by atoms with Gasteiger partial charge in [-0.05, 0) is 35.2 Å². The molecule has 0 spiro atoms. The molecule has 1 heterocycles. The van der Waals surface area contributed by atoms with Crippen LogP contribution in [0.1, 0.15) is 26.3 Å². The Hall–Kier alpha value is -2.79. The van der Waals surface area contributed by atoms with Gasteiger partial charge in [0.05, 0.1) is 11.4 Å². The van der Waals surface area contributed by atoms with Gasteiger partial charge in [-0.1, -0.05) is 56.6 Å². The van der Waals surface area contributed by atoms with E-state index in [1.54, 1.807) is 22.9 Å². The largest absolute Gasteiger partial charge is 0.479 e. The number of carboxylic acids is 1. The van der Waals surface area contributed by atoms with Gasteiger partial charge in [0.2, 0.25) is 5.88 Å². The molecule has 0 bridgehead atoms. The second-order valence-electron chi connectivity index (χ2n) is 7.27. The molecule has 0 unspecified atom stereocenters. The van der Waals surface area contributed by atoms with Gasteiger partial charge in [-0.15, -0.1) is 5.10 Å². The number of rotatable bonds is 5. The molecule has 1 N–H and O–H groups in total. The lowest BCUT2D eigenvalue weighted by Gasteiger charge is -2.19. The summed E-state index contributed by atoms with van der Waals surface area (Å²) in [5, 5.41) is 13.9. The van der Waals surface area contributed by atoms with Gasteiger partial charge in [0.15, 0.2) is 6.61 Å². The standard InChI is InChI=1S/C21H21ClN2O3/c1-21(2,3)15-6-10-17(11-7-15)24-18(14-4-8-16(22)9-5-14)12-19(23-24)27-13-20(25)26/h4-12H,13H2,1-3H3,(H,25,26). The molecule has 1 aromatic heterocycles. The van der Waals surface area contributed by atoms with Crippen LogP contribution in [0, 0.1) is 0 Å². The van der Waals surface area contributed by atoms with Crippen LogP contribution in [0.3, 0.4) is 0 Å². The third-order valence-corrected chi connectivity index (χ3v) is 4.40. The van der Waals surface area contributed by atoms with Crippen LogP contribution in [0.2, 0.25) is 5.02 Å². The van der Waals surface area contributed by atoms with E-state index in [1.165, 1.54) is 5.56 Å². The van der Waals surface area contributed by atoms with Gasteiger partial charge in [-0.2, -0.15) is 0 Å². The first-order valence-corrected chi connectivity index (χ1v) is 8.93. The monoisotopic (exact) mass is 384 g/mol. The van der Waals surface area contributed by atoms with E-state index in [1.807, 2.05) is 24.3 Å². The van der Waals surface area contributed by atoms with E-state index in [-0.39, 0.29) is 11.3 Å². The maximum atomic E-state index is 10.8. The van der Waals surface area contributed by atoms with Crippen molar-refractivity contribution in [1.29, 1.82) is 0 Å². The summed E-state index contributed by atoms with van der Waals surface area (Å²) in [6.45, 7) is 6.03. The highest BCUT2D eigenvalue weighted by atomic mass is 35.5. The summed E-state index contributed by atoms with van der Waals surface area (Å²) in [7, 11) is 0. The van der Waals surface area contributed by atoms with Gasteiger partial charge in [-0.25, -0.2) is 9.48 Å². The molecule has 5 nitrogen and oxygen atoms in total. The SMILES string of the molecule is CC(C)(C)c1ccc(-n2nc(OCC(=O)O)cc2-c2ccc(Cl)cc2)cc1. The first-order chi connectivity index (χ1) is 12.7. The highest BCUT2D eigenvalue weighted by Gasteiger charge is 2.16. The first-order valence-electron chi connectivity index (χ1n) is 8.55. The lowest BCUT2D eigenvalue weighted by Crippen LogP contribution is -2.11. The molecule has 0 aliphatic carbocycles. The summed E-state index contributed by atoms with van der Waals surface area (Å²) in [6.07, 6.45) is 0. The number of hydrogen-bond donors (Lipinski definition) is 1. The summed E-state index contributed by atoms with van der Waals surface area (Å²) in [6, 6.07) is 17.2. The smallest absolute Gasteiger partial charge is 0.341 e. The number of aromatic nitrogens is 2. The molecule has 0 aliphatic rings. The zero-order valence-electron chi connectivity index (χ0n) is 15.4. The quantitative estimate of drug-likeness (QED) is 0.675. The van der Waals surface area contributed by atoms with Crippen molar-refractivity contribution in [3.63, 3.8) is 0 Å². The summed E-state index contributed by atoms with van der Waals surface area (Å²) in [5.41, 5.74) is 3.82. The third kappa shape index (κ3) is 4.49. The van der Waals surface area contributed by atoms with Crippen LogP contribution in [-0.4, -0.2) is 27.5 Å². The van der Waals surface area contributed by atoms with Crippen molar-refractivity contribution in [2.24, 2.45) is 0 Å². The highest BCUT2D eigenvalue weighted by molar-refractivity contribution is 6.30. The fraction of sp³-hybridized carbons (Fsp3) is 0.238. The van der Waals surface area contributed by atoms with Crippen LogP contribution in [0.4, 0.5) is 0 Å². The summed E-state index contributed by atoms with van der Waals surface area (Å²) in [4.78, 5) is 10.8. The minimum absolute atomic E-state index is 0.0530. The number of ether oxygens (including phenoxy) is 1. The van der Waals surface area contributed by atoms with E-state index in [4.69, 9.17) is 21.4 Å². The van der Waals surface area contributed by atoms with Crippen LogP contribution >= 0.6 is 11.6 Å². The second kappa shape index (κ2) is 7.45. The second-order valence-corrected chi connectivity index (χ2v) is 7.70. The number of benzene rings is 2. The van der Waals surface area contributed by atoms with Gasteiger partial charge in [0, 0.05) is 16.7 Å². The number of carbonyl (C=O) groups is 1. The Morgan fingerprint density at radius 1 is 1.11 bits per heavy atom. The molecule has 2 aromatic carbocycles. The van der Waals surface area contributed by atoms with Crippen LogP contribution in [0.15, 0.2) is 54.6 Å². The van der Waals surface area contributed by atoms with Crippen LogP contribution in [-0.2, 0) is 10.2 Å². The number of hydrogen-bond acceptors (Lipinski definition) is 3. The van der Waals surface area contributed by atoms with Crippen molar-refractivity contribution in [1.82, 2.24) is 9.78 Å². The molecule has 0 amide bonds. The zero-order chi connectivity index (χ0) is 19.6. The van der Waals surface area contributed by atoms with E-state index >= 15 is 0 Å². The Bertz CT molecular complexity index is 939. The Balaban J connectivity index is 2.04. The van der Waals surface area contributed by atoms with Crippen molar-refractivity contribution in [2.45, 2.75) is 26.2 Å². The van der Waals surface area contributed by atoms with Crippen molar-refractivity contribution in [3.05, 3.63) is 65.2 Å². The normalized spacial score (nSPS) is 11.4. The van der Waals surface area contributed by atoms with Gasteiger partial charge in [0.1, 0.15) is 0 Å². The Morgan fingerprint density at radius 2 is 1.74 bits per heavy atom. The van der Waals surface area contributed by atoms with Gasteiger partial charge in [0.25, 0.3) is 0 Å². The molecule has 0 saturated carbocycles. The molecule has 3 aromatic rings. The first kappa shape index (κ1) is 19.0. The topological polar surface area (TPSA) is 64.4 Å². The molecular formula is C21H21ClN2O3. The summed E-state index contributed by atoms with van der Waals surface area (Å²) in [5.74, 6) is -0.797. The third-order valence-electron chi connectivity index (χ3n) is 4.15. The number of nitrogens with zero attached hydrogens (tertiary/aromatic N) is 2. The van der Waals surface area contributed by atoms with Crippen molar-refractivity contribution in [3.8, 4) is 22.8 Å². The molecule has 3 rings (SSSR count). The van der Waals surface area contributed by atoms with E-state index < -0.39 is 12.6 Å². The van der Waals surface area contributed by atoms with E-state index in [0.29, 0.717) is 5.02 Å². The van der Waals surface area contributed by atoms with Crippen molar-refractivity contribution >= 4 is 17.6 Å². The molecule has 0 saturated heterocycles. The molecule has 140 valence electrons. The lowest BCUT2D eigenvalue weighted by molar-refractivity contribution is -0.139. The summed E-state index contributed by atoms with van der Waals surface area (Å²) >= 11 is 5.99. The van der Waals surface area contributed by atoms with E-state index in [0.717, 1.165) is 16.9 Å². The Kier molecular flexibility index (Phi) is 5.24. The molecular weight excluding hydrogens is 364 g/mol. The maximum Gasteiger partial charge on any atom is 0.341 e. The molecule has 0 atom stereocenters. The minimum atomic E-state index is -1.05. The van der Waals surface area contributed by atoms with E-state index in [9.17, 15) is 4.79 Å². The number of carboxylic acid groups (broad SMARTS) is 1. The maximum absolute atomic E-state index is 10.8. The number of aliphatic carboxylic acids is 1. The fourth-order valence-corrected chi connectivity index (χ4v) is 2.82. The highest BCUT2D eigenvalue weighted by Crippen LogP contribution is 2.29. The molecule has 27 heavy (non-hydrogen) atoms. The van der Waals surface area contributed by atoms with Crippen molar-refractivity contribution < 1.29 is 14.6 Å². The molecule has 0 fully saturated rings. The summed E-state index contributed by atoms with van der Waals surface area (Å²) < 4.78 is 7.02. The minimum Gasteiger partial charge on any atom is -0.479 e. The predicted octanol–water partition coefficient (Wildman–Crippen LogP) is 4.95. The predicted molar refractivity (Wildman–Crippen MR) is 106 cm³/mol. The number of halogens is 1. The van der Waals surface area contributed by atoms with Crippen LogP contribution in [0.25, 0.3) is 16.9 Å². The molecule has 0 radical (unpaired) electrons. The molecule has 6 heteroatoms. The van der Waals surface area contributed by atoms with E-state index in [2.05, 4.69) is 38.0 Å². The van der Waals surface area contributed by atoms with Gasteiger partial charge in [-0.3, -0.25) is 0 Å². The average Bonchev–Trinajstić information content (AvgIpc) is 3.04. The van der Waals surface area contributed by atoms with Crippen molar-refractivity contribution in [2.75, 3.05) is 6.61 Å². The van der Waals surface area contributed by atoms with Crippen LogP contribution in [0.5, 0.6) is 5.88 Å². The Labute approximate surface area is 163 Å². The lowest BCUT2D eigenvalue weighted by atomic mass is 9.87. The zero-order valence-corrected chi connectivity index (χ0v) is 16.2. The van der Waals surface area contributed by atoms with Gasteiger partial charge >= 0.3 is 5.97 Å². The average molecular weight is 385 g/mol. The van der Waals surface area contributed by atoms with Gasteiger partial charge < -0.3 is 9.84 Å². The fourth-order valence-electron chi connectivity index (χ4n) is 2.69. The Morgan fingerprint density at radius 3 is 2.30 bits per heavy atom.